The van der Waals surface area contributed by atoms with Gasteiger partial charge in [0.1, 0.15) is 5.58 Å². The van der Waals surface area contributed by atoms with Crippen LogP contribution in [0, 0.1) is 6.92 Å². The van der Waals surface area contributed by atoms with Crippen LogP contribution < -0.4 is 5.32 Å². The smallest absolute Gasteiger partial charge is 0.291 e. The Kier molecular flexibility index (Phi) is 2.76. The summed E-state index contributed by atoms with van der Waals surface area (Å²) < 4.78 is 5.50. The summed E-state index contributed by atoms with van der Waals surface area (Å²) >= 11 is 0. The van der Waals surface area contributed by atoms with Gasteiger partial charge in [-0.05, 0) is 31.2 Å². The number of aryl methyl sites for hydroxylation is 1. The van der Waals surface area contributed by atoms with Gasteiger partial charge in [-0.25, -0.2) is 0 Å². The minimum Gasteiger partial charge on any atom is -0.451 e. The van der Waals surface area contributed by atoms with Crippen LogP contribution in [-0.2, 0) is 0 Å². The zero-order valence-electron chi connectivity index (χ0n) is 10.4. The number of carbonyl (C=O) groups is 1. The van der Waals surface area contributed by atoms with Crippen molar-refractivity contribution in [2.75, 3.05) is 5.32 Å². The van der Waals surface area contributed by atoms with Crippen LogP contribution in [0.15, 0.2) is 53.1 Å². The van der Waals surface area contributed by atoms with Crippen LogP contribution in [0.3, 0.4) is 0 Å². The van der Waals surface area contributed by atoms with Crippen LogP contribution in [0.4, 0.5) is 5.69 Å². The molecule has 0 saturated heterocycles. The number of rotatable bonds is 2. The maximum Gasteiger partial charge on any atom is 0.291 e. The van der Waals surface area contributed by atoms with E-state index in [0.717, 1.165) is 11.1 Å². The molecule has 0 saturated carbocycles. The number of amides is 1. The third-order valence-electron chi connectivity index (χ3n) is 2.80. The predicted molar refractivity (Wildman–Crippen MR) is 73.1 cm³/mol. The van der Waals surface area contributed by atoms with Gasteiger partial charge in [0.05, 0.1) is 0 Å². The van der Waals surface area contributed by atoms with Gasteiger partial charge in [0, 0.05) is 23.0 Å². The van der Waals surface area contributed by atoms with Crippen molar-refractivity contribution in [3.8, 4) is 0 Å². The first-order chi connectivity index (χ1) is 9.22. The van der Waals surface area contributed by atoms with E-state index in [1.54, 1.807) is 24.4 Å². The molecular weight excluding hydrogens is 240 g/mol. The second kappa shape index (κ2) is 4.57. The third-order valence-corrected chi connectivity index (χ3v) is 2.80. The van der Waals surface area contributed by atoms with Gasteiger partial charge in [-0.3, -0.25) is 9.78 Å². The van der Waals surface area contributed by atoms with Gasteiger partial charge in [-0.15, -0.1) is 0 Å². The van der Waals surface area contributed by atoms with Gasteiger partial charge in [-0.2, -0.15) is 0 Å². The van der Waals surface area contributed by atoms with Crippen molar-refractivity contribution in [3.05, 3.63) is 60.1 Å². The van der Waals surface area contributed by atoms with E-state index >= 15 is 0 Å². The Hall–Kier alpha value is -2.62. The number of hydrogen-bond acceptors (Lipinski definition) is 3. The maximum absolute atomic E-state index is 12.1. The Labute approximate surface area is 110 Å². The lowest BCUT2D eigenvalue weighted by atomic mass is 10.2. The highest BCUT2D eigenvalue weighted by molar-refractivity contribution is 6.04. The lowest BCUT2D eigenvalue weighted by molar-refractivity contribution is 0.0998. The fourth-order valence-corrected chi connectivity index (χ4v) is 1.91. The number of hydrogen-bond donors (Lipinski definition) is 1. The standard InChI is InChI=1S/C15H12N2O2/c1-10-8-12(6-7-16-10)17-15(18)14-9-11-4-2-3-5-13(11)19-14/h2-9H,1H3,(H,16,17,18). The van der Waals surface area contributed by atoms with E-state index in [2.05, 4.69) is 10.3 Å². The van der Waals surface area contributed by atoms with Crippen LogP contribution in [0.1, 0.15) is 16.2 Å². The average molecular weight is 252 g/mol. The molecule has 4 heteroatoms. The van der Waals surface area contributed by atoms with E-state index in [1.165, 1.54) is 0 Å². The molecule has 1 aromatic carbocycles. The van der Waals surface area contributed by atoms with E-state index in [9.17, 15) is 4.79 Å². The highest BCUT2D eigenvalue weighted by Gasteiger charge is 2.12. The molecule has 0 spiro atoms. The van der Waals surface area contributed by atoms with Crippen molar-refractivity contribution in [3.63, 3.8) is 0 Å². The number of pyridine rings is 1. The molecule has 0 bridgehead atoms. The number of carbonyl (C=O) groups excluding carboxylic acids is 1. The quantitative estimate of drug-likeness (QED) is 0.760. The fraction of sp³-hybridized carbons (Fsp3) is 0.0667. The van der Waals surface area contributed by atoms with Crippen LogP contribution >= 0.6 is 0 Å². The first kappa shape index (κ1) is 11.5. The zero-order valence-corrected chi connectivity index (χ0v) is 10.4. The average Bonchev–Trinajstić information content (AvgIpc) is 2.82. The molecule has 0 aliphatic rings. The Bertz CT molecular complexity index is 713. The fourth-order valence-electron chi connectivity index (χ4n) is 1.91. The lowest BCUT2D eigenvalue weighted by Gasteiger charge is -2.02. The molecular formula is C15H12N2O2. The van der Waals surface area contributed by atoms with Crippen LogP contribution in [0.25, 0.3) is 11.0 Å². The van der Waals surface area contributed by atoms with Crippen LogP contribution in [-0.4, -0.2) is 10.9 Å². The van der Waals surface area contributed by atoms with Crippen molar-refractivity contribution in [2.45, 2.75) is 6.92 Å². The molecule has 3 rings (SSSR count). The molecule has 0 radical (unpaired) electrons. The van der Waals surface area contributed by atoms with E-state index in [1.807, 2.05) is 31.2 Å². The Morgan fingerprint density at radius 3 is 2.84 bits per heavy atom. The molecule has 19 heavy (non-hydrogen) atoms. The third kappa shape index (κ3) is 2.33. The number of benzene rings is 1. The monoisotopic (exact) mass is 252 g/mol. The topological polar surface area (TPSA) is 55.1 Å². The van der Waals surface area contributed by atoms with E-state index in [-0.39, 0.29) is 5.91 Å². The molecule has 0 fully saturated rings. The summed E-state index contributed by atoms with van der Waals surface area (Å²) in [4.78, 5) is 16.1. The minimum atomic E-state index is -0.262. The number of nitrogens with one attached hydrogen (secondary N) is 1. The summed E-state index contributed by atoms with van der Waals surface area (Å²) in [5.41, 5.74) is 2.26. The summed E-state index contributed by atoms with van der Waals surface area (Å²) in [5.74, 6) is 0.0393. The molecule has 3 aromatic rings. The Morgan fingerprint density at radius 2 is 2.05 bits per heavy atom. The van der Waals surface area contributed by atoms with Gasteiger partial charge < -0.3 is 9.73 Å². The number of furan rings is 1. The van der Waals surface area contributed by atoms with E-state index in [4.69, 9.17) is 4.42 Å². The van der Waals surface area contributed by atoms with E-state index < -0.39 is 0 Å². The lowest BCUT2D eigenvalue weighted by Crippen LogP contribution is -2.10. The second-order valence-electron chi connectivity index (χ2n) is 4.29. The van der Waals surface area contributed by atoms with Gasteiger partial charge in [0.25, 0.3) is 5.91 Å². The predicted octanol–water partition coefficient (Wildman–Crippen LogP) is 3.39. The SMILES string of the molecule is Cc1cc(NC(=O)c2cc3ccccc3o2)ccn1. The van der Waals surface area contributed by atoms with Crippen molar-refractivity contribution >= 4 is 22.6 Å². The van der Waals surface area contributed by atoms with Crippen molar-refractivity contribution in [2.24, 2.45) is 0 Å². The summed E-state index contributed by atoms with van der Waals surface area (Å²) in [6, 6.07) is 12.8. The number of anilines is 1. The first-order valence-electron chi connectivity index (χ1n) is 5.95. The number of para-hydroxylation sites is 1. The molecule has 94 valence electrons. The van der Waals surface area contributed by atoms with Crippen molar-refractivity contribution in [1.82, 2.24) is 4.98 Å². The summed E-state index contributed by atoms with van der Waals surface area (Å²) in [7, 11) is 0. The molecule has 4 nitrogen and oxygen atoms in total. The molecule has 0 unspecified atom stereocenters. The molecule has 1 amide bonds. The highest BCUT2D eigenvalue weighted by Crippen LogP contribution is 2.19. The minimum absolute atomic E-state index is 0.262. The number of aromatic nitrogens is 1. The summed E-state index contributed by atoms with van der Waals surface area (Å²) in [6.45, 7) is 1.87. The molecule has 0 atom stereocenters. The van der Waals surface area contributed by atoms with E-state index in [0.29, 0.717) is 17.0 Å². The molecule has 1 N–H and O–H groups in total. The molecule has 2 aromatic heterocycles. The summed E-state index contributed by atoms with van der Waals surface area (Å²) in [5, 5.41) is 3.70. The van der Waals surface area contributed by atoms with Crippen LogP contribution in [0.5, 0.6) is 0 Å². The van der Waals surface area contributed by atoms with Crippen molar-refractivity contribution < 1.29 is 9.21 Å². The molecule has 2 heterocycles. The Balaban J connectivity index is 1.87. The normalized spacial score (nSPS) is 10.6. The molecule has 0 aliphatic heterocycles. The number of fused-ring (bicyclic) bond motifs is 1. The zero-order chi connectivity index (χ0) is 13.2. The van der Waals surface area contributed by atoms with Gasteiger partial charge in [-0.1, -0.05) is 18.2 Å². The largest absolute Gasteiger partial charge is 0.451 e. The second-order valence-corrected chi connectivity index (χ2v) is 4.29. The van der Waals surface area contributed by atoms with Crippen molar-refractivity contribution in [1.29, 1.82) is 0 Å². The Morgan fingerprint density at radius 1 is 1.21 bits per heavy atom. The van der Waals surface area contributed by atoms with Gasteiger partial charge >= 0.3 is 0 Å². The maximum atomic E-state index is 12.1. The summed E-state index contributed by atoms with van der Waals surface area (Å²) in [6.07, 6.45) is 1.66. The highest BCUT2D eigenvalue weighted by atomic mass is 16.3. The van der Waals surface area contributed by atoms with Crippen LogP contribution in [0.2, 0.25) is 0 Å². The molecule has 0 aliphatic carbocycles. The van der Waals surface area contributed by atoms with Gasteiger partial charge in [0.15, 0.2) is 5.76 Å². The first-order valence-corrected chi connectivity index (χ1v) is 5.95. The number of nitrogens with zero attached hydrogens (tertiary/aromatic N) is 1. The van der Waals surface area contributed by atoms with Gasteiger partial charge in [0.2, 0.25) is 0 Å².